The van der Waals surface area contributed by atoms with E-state index in [2.05, 4.69) is 36.5 Å². The quantitative estimate of drug-likeness (QED) is 0.751. The molecule has 1 atom stereocenters. The molecule has 0 aliphatic heterocycles. The van der Waals surface area contributed by atoms with Gasteiger partial charge in [0.1, 0.15) is 0 Å². The lowest BCUT2D eigenvalue weighted by Gasteiger charge is -2.07. The van der Waals surface area contributed by atoms with E-state index in [0.717, 1.165) is 19.4 Å². The van der Waals surface area contributed by atoms with E-state index in [9.17, 15) is 0 Å². The first-order valence-corrected chi connectivity index (χ1v) is 5.30. The zero-order chi connectivity index (χ0) is 10.4. The molecule has 0 aliphatic rings. The van der Waals surface area contributed by atoms with E-state index in [1.807, 2.05) is 6.92 Å². The summed E-state index contributed by atoms with van der Waals surface area (Å²) >= 11 is 0. The minimum atomic E-state index is 0.240. The van der Waals surface area contributed by atoms with E-state index in [4.69, 9.17) is 5.73 Å². The van der Waals surface area contributed by atoms with Gasteiger partial charge in [-0.2, -0.15) is 0 Å². The van der Waals surface area contributed by atoms with Gasteiger partial charge in [-0.3, -0.25) is 0 Å². The molecular weight excluding hydrogens is 172 g/mol. The molecule has 0 spiro atoms. The molecule has 0 saturated carbocycles. The fourth-order valence-electron chi connectivity index (χ4n) is 1.40. The molecule has 1 unspecified atom stereocenters. The Balaban J connectivity index is 2.50. The molecule has 0 amide bonds. The third-order valence-electron chi connectivity index (χ3n) is 2.09. The van der Waals surface area contributed by atoms with Crippen LogP contribution < -0.4 is 11.1 Å². The van der Waals surface area contributed by atoms with Crippen molar-refractivity contribution in [2.45, 2.75) is 32.7 Å². The molecule has 0 heterocycles. The first-order valence-electron chi connectivity index (χ1n) is 5.30. The van der Waals surface area contributed by atoms with Crippen LogP contribution in [-0.4, -0.2) is 12.6 Å². The average molecular weight is 192 g/mol. The number of rotatable bonds is 5. The molecule has 2 nitrogen and oxygen atoms in total. The van der Waals surface area contributed by atoms with Crippen LogP contribution in [0.3, 0.4) is 0 Å². The van der Waals surface area contributed by atoms with Gasteiger partial charge in [0.05, 0.1) is 0 Å². The SMILES string of the molecule is CCCNc1ccc(CC(C)N)cc1. The van der Waals surface area contributed by atoms with Gasteiger partial charge in [0, 0.05) is 18.3 Å². The maximum Gasteiger partial charge on any atom is 0.0340 e. The molecule has 0 bridgehead atoms. The average Bonchev–Trinajstić information content (AvgIpc) is 2.16. The molecule has 0 saturated heterocycles. The summed E-state index contributed by atoms with van der Waals surface area (Å²) < 4.78 is 0. The Kier molecular flexibility index (Phi) is 4.47. The van der Waals surface area contributed by atoms with Crippen molar-refractivity contribution in [3.63, 3.8) is 0 Å². The first-order chi connectivity index (χ1) is 6.72. The maximum absolute atomic E-state index is 5.73. The Morgan fingerprint density at radius 3 is 2.43 bits per heavy atom. The van der Waals surface area contributed by atoms with E-state index in [0.29, 0.717) is 0 Å². The lowest BCUT2D eigenvalue weighted by atomic mass is 10.1. The predicted molar refractivity (Wildman–Crippen MR) is 62.6 cm³/mol. The summed E-state index contributed by atoms with van der Waals surface area (Å²) in [5.41, 5.74) is 8.23. The van der Waals surface area contributed by atoms with E-state index in [-0.39, 0.29) is 6.04 Å². The van der Waals surface area contributed by atoms with Gasteiger partial charge in [0.2, 0.25) is 0 Å². The minimum absolute atomic E-state index is 0.240. The van der Waals surface area contributed by atoms with Crippen LogP contribution in [0.4, 0.5) is 5.69 Å². The highest BCUT2D eigenvalue weighted by molar-refractivity contribution is 5.44. The molecule has 1 aromatic rings. The Morgan fingerprint density at radius 2 is 1.93 bits per heavy atom. The summed E-state index contributed by atoms with van der Waals surface area (Å²) in [6, 6.07) is 8.76. The summed E-state index contributed by atoms with van der Waals surface area (Å²) in [5, 5.41) is 3.34. The van der Waals surface area contributed by atoms with Gasteiger partial charge in [0.25, 0.3) is 0 Å². The summed E-state index contributed by atoms with van der Waals surface area (Å²) in [5.74, 6) is 0. The van der Waals surface area contributed by atoms with Crippen LogP contribution in [0, 0.1) is 0 Å². The maximum atomic E-state index is 5.73. The van der Waals surface area contributed by atoms with Crippen molar-refractivity contribution in [2.75, 3.05) is 11.9 Å². The van der Waals surface area contributed by atoms with Gasteiger partial charge in [-0.15, -0.1) is 0 Å². The molecule has 1 aromatic carbocycles. The Hall–Kier alpha value is -1.02. The lowest BCUT2D eigenvalue weighted by Crippen LogP contribution is -2.17. The topological polar surface area (TPSA) is 38.0 Å². The molecule has 0 radical (unpaired) electrons. The standard InChI is InChI=1S/C12H20N2/c1-3-8-14-12-6-4-11(5-7-12)9-10(2)13/h4-7,10,14H,3,8-9,13H2,1-2H3. The van der Waals surface area contributed by atoms with Crippen LogP contribution >= 0.6 is 0 Å². The molecule has 3 N–H and O–H groups in total. The number of nitrogens with one attached hydrogen (secondary N) is 1. The fourth-order valence-corrected chi connectivity index (χ4v) is 1.40. The monoisotopic (exact) mass is 192 g/mol. The van der Waals surface area contributed by atoms with Crippen LogP contribution in [-0.2, 0) is 6.42 Å². The first kappa shape index (κ1) is 11.1. The normalized spacial score (nSPS) is 12.5. The van der Waals surface area contributed by atoms with Crippen LogP contribution in [0.5, 0.6) is 0 Å². The van der Waals surface area contributed by atoms with Crippen molar-refractivity contribution in [1.82, 2.24) is 0 Å². The van der Waals surface area contributed by atoms with Crippen LogP contribution in [0.15, 0.2) is 24.3 Å². The minimum Gasteiger partial charge on any atom is -0.385 e. The van der Waals surface area contributed by atoms with Crippen molar-refractivity contribution in [3.8, 4) is 0 Å². The Bertz CT molecular complexity index is 252. The number of hydrogen-bond donors (Lipinski definition) is 2. The van der Waals surface area contributed by atoms with Gasteiger partial charge in [-0.1, -0.05) is 19.1 Å². The van der Waals surface area contributed by atoms with Crippen LogP contribution in [0.2, 0.25) is 0 Å². The third-order valence-corrected chi connectivity index (χ3v) is 2.09. The second-order valence-corrected chi connectivity index (χ2v) is 3.81. The summed E-state index contributed by atoms with van der Waals surface area (Å²) in [6.45, 7) is 5.23. The molecule has 0 fully saturated rings. The third kappa shape index (κ3) is 3.79. The molecular formula is C12H20N2. The van der Waals surface area contributed by atoms with E-state index in [1.54, 1.807) is 0 Å². The highest BCUT2D eigenvalue weighted by Gasteiger charge is 1.97. The molecule has 0 aliphatic carbocycles. The van der Waals surface area contributed by atoms with E-state index in [1.165, 1.54) is 11.3 Å². The zero-order valence-electron chi connectivity index (χ0n) is 9.09. The van der Waals surface area contributed by atoms with Gasteiger partial charge in [-0.05, 0) is 37.5 Å². The summed E-state index contributed by atoms with van der Waals surface area (Å²) in [6.07, 6.45) is 2.11. The number of nitrogens with two attached hydrogens (primary N) is 1. The molecule has 2 heteroatoms. The van der Waals surface area contributed by atoms with Gasteiger partial charge in [-0.25, -0.2) is 0 Å². The predicted octanol–water partition coefficient (Wildman–Crippen LogP) is 2.40. The second kappa shape index (κ2) is 5.66. The molecule has 78 valence electrons. The van der Waals surface area contributed by atoms with Crippen molar-refractivity contribution >= 4 is 5.69 Å². The number of anilines is 1. The van der Waals surface area contributed by atoms with Gasteiger partial charge < -0.3 is 11.1 Å². The van der Waals surface area contributed by atoms with Crippen LogP contribution in [0.25, 0.3) is 0 Å². The van der Waals surface area contributed by atoms with Crippen molar-refractivity contribution in [3.05, 3.63) is 29.8 Å². The molecule has 1 rings (SSSR count). The van der Waals surface area contributed by atoms with Gasteiger partial charge >= 0.3 is 0 Å². The highest BCUT2D eigenvalue weighted by Crippen LogP contribution is 2.10. The zero-order valence-corrected chi connectivity index (χ0v) is 9.09. The van der Waals surface area contributed by atoms with E-state index >= 15 is 0 Å². The number of hydrogen-bond acceptors (Lipinski definition) is 2. The molecule has 0 aromatic heterocycles. The fraction of sp³-hybridized carbons (Fsp3) is 0.500. The second-order valence-electron chi connectivity index (χ2n) is 3.81. The van der Waals surface area contributed by atoms with Gasteiger partial charge in [0.15, 0.2) is 0 Å². The Morgan fingerprint density at radius 1 is 1.29 bits per heavy atom. The number of benzene rings is 1. The molecule has 14 heavy (non-hydrogen) atoms. The smallest absolute Gasteiger partial charge is 0.0340 e. The van der Waals surface area contributed by atoms with Crippen LogP contribution in [0.1, 0.15) is 25.8 Å². The Labute approximate surface area is 86.5 Å². The largest absolute Gasteiger partial charge is 0.385 e. The lowest BCUT2D eigenvalue weighted by molar-refractivity contribution is 0.738. The van der Waals surface area contributed by atoms with Crippen molar-refractivity contribution in [1.29, 1.82) is 0 Å². The summed E-state index contributed by atoms with van der Waals surface area (Å²) in [7, 11) is 0. The van der Waals surface area contributed by atoms with E-state index < -0.39 is 0 Å². The summed E-state index contributed by atoms with van der Waals surface area (Å²) in [4.78, 5) is 0. The highest BCUT2D eigenvalue weighted by atomic mass is 14.9. The van der Waals surface area contributed by atoms with Crippen molar-refractivity contribution < 1.29 is 0 Å². The van der Waals surface area contributed by atoms with Crippen molar-refractivity contribution in [2.24, 2.45) is 5.73 Å².